The molecule has 38 heavy (non-hydrogen) atoms. The molecule has 1 saturated heterocycles. The van der Waals surface area contributed by atoms with Crippen LogP contribution in [0, 0.1) is 25.6 Å². The predicted molar refractivity (Wildman–Crippen MR) is 140 cm³/mol. The molecule has 1 atom stereocenters. The highest BCUT2D eigenvalue weighted by Gasteiger charge is 2.34. The summed E-state index contributed by atoms with van der Waals surface area (Å²) in [5.41, 5.74) is 3.87. The summed E-state index contributed by atoms with van der Waals surface area (Å²) in [6.07, 6.45) is 3.37. The summed E-state index contributed by atoms with van der Waals surface area (Å²) in [7, 11) is 1.84. The summed E-state index contributed by atoms with van der Waals surface area (Å²) in [6.45, 7) is 8.19. The van der Waals surface area contributed by atoms with E-state index < -0.39 is 11.4 Å². The number of hydrogen-bond acceptors (Lipinski definition) is 7. The third-order valence-electron chi connectivity index (χ3n) is 7.61. The number of fused-ring (bicyclic) bond motifs is 3. The molecule has 1 N–H and O–H groups in total. The number of ether oxygens (including phenoxy) is 1. The summed E-state index contributed by atoms with van der Waals surface area (Å²) >= 11 is 0. The first-order chi connectivity index (χ1) is 18.1. The minimum absolute atomic E-state index is 0.126. The topological polar surface area (TPSA) is 104 Å². The van der Waals surface area contributed by atoms with E-state index in [0.29, 0.717) is 35.4 Å². The molecule has 1 aliphatic heterocycles. The maximum Gasteiger partial charge on any atom is 0.153 e. The van der Waals surface area contributed by atoms with Crippen LogP contribution >= 0.6 is 0 Å². The maximum atomic E-state index is 16.5. The van der Waals surface area contributed by atoms with Gasteiger partial charge in [-0.3, -0.25) is 4.98 Å². The minimum atomic E-state index is -1.37. The summed E-state index contributed by atoms with van der Waals surface area (Å²) in [6, 6.07) is 7.11. The van der Waals surface area contributed by atoms with Crippen LogP contribution < -0.4 is 0 Å². The van der Waals surface area contributed by atoms with Crippen LogP contribution in [0.2, 0.25) is 0 Å². The Morgan fingerprint density at radius 1 is 1.16 bits per heavy atom. The fraction of sp³-hybridized carbons (Fsp3) is 0.429. The van der Waals surface area contributed by atoms with Crippen LogP contribution in [-0.2, 0) is 17.4 Å². The Bertz CT molecular complexity index is 1640. The lowest BCUT2D eigenvalue weighted by molar-refractivity contribution is 0.0542. The van der Waals surface area contributed by atoms with Crippen molar-refractivity contribution in [3.8, 4) is 11.3 Å². The maximum absolute atomic E-state index is 16.5. The molecule has 0 radical (unpaired) electrons. The first-order valence-corrected chi connectivity index (χ1v) is 12.9. The molecule has 0 bridgehead atoms. The average Bonchev–Trinajstić information content (AvgIpc) is 3.55. The van der Waals surface area contributed by atoms with Gasteiger partial charge in [0.2, 0.25) is 0 Å². The molecule has 1 aromatic carbocycles. The van der Waals surface area contributed by atoms with E-state index in [2.05, 4.69) is 15.5 Å². The highest BCUT2D eigenvalue weighted by Crippen LogP contribution is 2.43. The van der Waals surface area contributed by atoms with E-state index in [-0.39, 0.29) is 17.5 Å². The number of pyridine rings is 1. The highest BCUT2D eigenvalue weighted by molar-refractivity contribution is 6.07. The predicted octanol–water partition coefficient (Wildman–Crippen LogP) is 4.97. The molecule has 1 fully saturated rings. The van der Waals surface area contributed by atoms with Gasteiger partial charge >= 0.3 is 0 Å². The number of aryl methyl sites for hydroxylation is 3. The molecule has 10 heteroatoms. The van der Waals surface area contributed by atoms with E-state index in [1.165, 1.54) is 0 Å². The van der Waals surface area contributed by atoms with Crippen molar-refractivity contribution in [3.63, 3.8) is 0 Å². The molecule has 5 heterocycles. The van der Waals surface area contributed by atoms with Crippen molar-refractivity contribution in [1.29, 1.82) is 0 Å². The van der Waals surface area contributed by atoms with Crippen LogP contribution in [0.5, 0.6) is 0 Å². The van der Waals surface area contributed by atoms with Crippen LogP contribution in [0.3, 0.4) is 0 Å². The zero-order valence-electron chi connectivity index (χ0n) is 22.2. The van der Waals surface area contributed by atoms with E-state index in [1.807, 2.05) is 43.7 Å². The van der Waals surface area contributed by atoms with Crippen LogP contribution in [-0.4, -0.2) is 48.0 Å². The number of aromatic nitrogens is 6. The second-order valence-electron chi connectivity index (χ2n) is 10.7. The van der Waals surface area contributed by atoms with Gasteiger partial charge in [-0.15, -0.1) is 5.10 Å². The van der Waals surface area contributed by atoms with Crippen molar-refractivity contribution in [2.45, 2.75) is 52.2 Å². The Balaban J connectivity index is 1.73. The number of rotatable bonds is 5. The smallest absolute Gasteiger partial charge is 0.153 e. The number of halogens is 1. The van der Waals surface area contributed by atoms with E-state index >= 15 is 4.39 Å². The first-order valence-electron chi connectivity index (χ1n) is 12.9. The average molecular weight is 519 g/mol. The van der Waals surface area contributed by atoms with Gasteiger partial charge in [0.15, 0.2) is 5.82 Å². The van der Waals surface area contributed by atoms with E-state index in [0.717, 1.165) is 41.0 Å². The molecule has 5 aromatic rings. The minimum Gasteiger partial charge on any atom is -0.386 e. The number of nitrogens with zero attached hydrogens (tertiary/aromatic N) is 6. The van der Waals surface area contributed by atoms with Gasteiger partial charge < -0.3 is 18.9 Å². The Hall–Kier alpha value is -3.63. The third kappa shape index (κ3) is 3.90. The third-order valence-corrected chi connectivity index (χ3v) is 7.61. The van der Waals surface area contributed by atoms with Crippen molar-refractivity contribution < 1.29 is 18.8 Å². The molecule has 198 valence electrons. The van der Waals surface area contributed by atoms with Crippen molar-refractivity contribution >= 4 is 21.9 Å². The first kappa shape index (κ1) is 24.7. The Morgan fingerprint density at radius 3 is 2.55 bits per heavy atom. The van der Waals surface area contributed by atoms with Gasteiger partial charge in [-0.25, -0.2) is 9.07 Å². The van der Waals surface area contributed by atoms with Crippen molar-refractivity contribution in [3.05, 3.63) is 59.0 Å². The lowest BCUT2D eigenvalue weighted by Crippen LogP contribution is -2.27. The van der Waals surface area contributed by atoms with E-state index in [4.69, 9.17) is 14.2 Å². The van der Waals surface area contributed by atoms with Crippen LogP contribution in [0.15, 0.2) is 35.0 Å². The van der Waals surface area contributed by atoms with Crippen molar-refractivity contribution in [2.24, 2.45) is 13.0 Å². The summed E-state index contributed by atoms with van der Waals surface area (Å²) in [5, 5.41) is 24.3. The monoisotopic (exact) mass is 518 g/mol. The quantitative estimate of drug-likeness (QED) is 0.350. The van der Waals surface area contributed by atoms with E-state index in [1.54, 1.807) is 30.8 Å². The second-order valence-corrected chi connectivity index (χ2v) is 10.7. The van der Waals surface area contributed by atoms with Gasteiger partial charge in [0.1, 0.15) is 11.5 Å². The fourth-order valence-electron chi connectivity index (χ4n) is 5.84. The lowest BCUT2D eigenvalue weighted by atomic mass is 9.89. The zero-order chi connectivity index (χ0) is 26.8. The molecular weight excluding hydrogens is 487 g/mol. The molecular formula is C28H31FN6O3. The van der Waals surface area contributed by atoms with Crippen LogP contribution in [0.1, 0.15) is 55.4 Å². The van der Waals surface area contributed by atoms with Gasteiger partial charge in [-0.1, -0.05) is 22.5 Å². The molecule has 0 spiro atoms. The van der Waals surface area contributed by atoms with Crippen molar-refractivity contribution in [2.75, 3.05) is 13.2 Å². The molecule has 0 aliphatic carbocycles. The fourth-order valence-corrected chi connectivity index (χ4v) is 5.84. The Morgan fingerprint density at radius 2 is 1.92 bits per heavy atom. The van der Waals surface area contributed by atoms with E-state index in [9.17, 15) is 5.11 Å². The molecule has 0 amide bonds. The van der Waals surface area contributed by atoms with Crippen molar-refractivity contribution in [1.82, 2.24) is 29.7 Å². The normalized spacial score (nSPS) is 16.1. The molecule has 0 unspecified atom stereocenters. The molecule has 4 aromatic heterocycles. The van der Waals surface area contributed by atoms with Gasteiger partial charge in [0.25, 0.3) is 0 Å². The summed E-state index contributed by atoms with van der Waals surface area (Å²) in [5.74, 6) is 0.345. The Labute approximate surface area is 219 Å². The van der Waals surface area contributed by atoms with Gasteiger partial charge in [0, 0.05) is 49.0 Å². The number of benzene rings is 1. The molecule has 1 aliphatic rings. The Kier molecular flexibility index (Phi) is 5.84. The largest absolute Gasteiger partial charge is 0.386 e. The summed E-state index contributed by atoms with van der Waals surface area (Å²) in [4.78, 5) is 4.84. The van der Waals surface area contributed by atoms with Gasteiger partial charge in [-0.05, 0) is 52.5 Å². The SMILES string of the molecule is Cc1cc([C@H](C2CCOCC2)n2c3cc(-c4c(C)nnn4C)cnc3c3ccc(C(C)(C)O)c(F)c32)no1. The standard InChI is InChI=1S/C28H31FN6O3/c1-15-12-21(32-38-15)26(17-8-10-37-11-9-17)35-22-13-18(25-16(2)31-33-34(25)5)14-30-24(22)19-6-7-20(28(3,4)36)23(29)27(19)35/h6-7,12-14,17,26,36H,8-11H2,1-5H3/t26-/m0/s1. The number of aliphatic hydroxyl groups is 1. The zero-order valence-corrected chi connectivity index (χ0v) is 22.2. The van der Waals surface area contributed by atoms with Gasteiger partial charge in [0.05, 0.1) is 39.6 Å². The molecule has 6 rings (SSSR count). The lowest BCUT2D eigenvalue weighted by Gasteiger charge is -2.31. The summed E-state index contributed by atoms with van der Waals surface area (Å²) < 4.78 is 31.4. The van der Waals surface area contributed by atoms with Gasteiger partial charge in [-0.2, -0.15) is 0 Å². The molecule has 0 saturated carbocycles. The van der Waals surface area contributed by atoms with Crippen LogP contribution in [0.25, 0.3) is 33.2 Å². The number of hydrogen-bond donors (Lipinski definition) is 1. The molecule has 9 nitrogen and oxygen atoms in total. The van der Waals surface area contributed by atoms with Crippen LogP contribution in [0.4, 0.5) is 4.39 Å². The highest BCUT2D eigenvalue weighted by atomic mass is 19.1. The second kappa shape index (κ2) is 8.99.